The molecule has 0 aromatic heterocycles. The van der Waals surface area contributed by atoms with Gasteiger partial charge in [-0.15, -0.1) is 0 Å². The van der Waals surface area contributed by atoms with Gasteiger partial charge >= 0.3 is 0 Å². The van der Waals surface area contributed by atoms with Crippen molar-refractivity contribution in [3.63, 3.8) is 0 Å². The minimum Gasteiger partial charge on any atom is -0.389 e. The molecule has 2 amide bonds. The van der Waals surface area contributed by atoms with E-state index in [-0.39, 0.29) is 29.1 Å². The van der Waals surface area contributed by atoms with Gasteiger partial charge in [-0.05, 0) is 11.5 Å². The minimum absolute atomic E-state index is 0.0332. The normalized spacial score (nSPS) is 13.2. The number of ketones is 2. The van der Waals surface area contributed by atoms with Crippen molar-refractivity contribution >= 4 is 76.7 Å². The quantitative estimate of drug-likeness (QED) is 0.0586. The second-order valence-corrected chi connectivity index (χ2v) is 12.6. The van der Waals surface area contributed by atoms with Crippen LogP contribution in [0.1, 0.15) is 27.7 Å². The zero-order valence-electron chi connectivity index (χ0n) is 23.6. The van der Waals surface area contributed by atoms with Crippen molar-refractivity contribution < 1.29 is 49.5 Å². The van der Waals surface area contributed by atoms with Gasteiger partial charge in [-0.2, -0.15) is 47.0 Å². The van der Waals surface area contributed by atoms with Gasteiger partial charge in [-0.25, -0.2) is 0 Å². The minimum atomic E-state index is -1.57. The van der Waals surface area contributed by atoms with Crippen LogP contribution in [0.3, 0.4) is 0 Å². The Morgan fingerprint density at radius 1 is 0.775 bits per heavy atom. The summed E-state index contributed by atoms with van der Waals surface area (Å²) in [5.74, 6) is 3.23. The Bertz CT molecular complexity index is 692. The van der Waals surface area contributed by atoms with Gasteiger partial charge in [0.05, 0.1) is 17.6 Å². The first-order valence-electron chi connectivity index (χ1n) is 12.5. The molecule has 1 unspecified atom stereocenters. The van der Waals surface area contributed by atoms with Gasteiger partial charge in [-0.3, -0.25) is 19.2 Å². The summed E-state index contributed by atoms with van der Waals surface area (Å²) >= 11 is 5.64. The lowest BCUT2D eigenvalue weighted by Gasteiger charge is -2.21. The number of carbonyl (C=O) groups is 5. The Labute approximate surface area is 254 Å². The number of aliphatic hydroxyl groups is 5. The van der Waals surface area contributed by atoms with E-state index in [1.165, 1.54) is 49.1 Å². The average molecular weight is 651 g/mol. The van der Waals surface area contributed by atoms with Crippen LogP contribution in [0.2, 0.25) is 0 Å². The second-order valence-electron chi connectivity index (χ2n) is 7.76. The van der Waals surface area contributed by atoms with Crippen LogP contribution < -0.4 is 10.6 Å². The maximum Gasteiger partial charge on any atom is 0.216 e. The van der Waals surface area contributed by atoms with Gasteiger partial charge in [-0.1, -0.05) is 13.8 Å². The number of hydrogen-bond acceptors (Lipinski definition) is 14. The van der Waals surface area contributed by atoms with Gasteiger partial charge in [0.15, 0.2) is 11.6 Å². The zero-order chi connectivity index (χ0) is 31.3. The van der Waals surface area contributed by atoms with Gasteiger partial charge < -0.3 is 41.0 Å². The molecule has 0 saturated carbocycles. The number of hydrogen-bond donors (Lipinski definition) is 7. The molecule has 40 heavy (non-hydrogen) atoms. The van der Waals surface area contributed by atoms with E-state index in [1.54, 1.807) is 11.8 Å². The Morgan fingerprint density at radius 3 is 1.68 bits per heavy atom. The first-order valence-corrected chi connectivity index (χ1v) is 17.1. The van der Waals surface area contributed by atoms with Crippen molar-refractivity contribution in [1.82, 2.24) is 10.6 Å². The summed E-state index contributed by atoms with van der Waals surface area (Å²) in [6, 6.07) is 0. The molecule has 7 N–H and O–H groups in total. The topological polar surface area (TPSA) is 211 Å². The summed E-state index contributed by atoms with van der Waals surface area (Å²) in [5.41, 5.74) is 0. The number of aliphatic hydroxyl groups excluding tert-OH is 5. The third-order valence-corrected chi connectivity index (χ3v) is 8.09. The van der Waals surface area contributed by atoms with Crippen LogP contribution in [0, 0.1) is 0 Å². The van der Waals surface area contributed by atoms with Crippen LogP contribution in [-0.2, 0) is 24.0 Å². The standard InChI is InChI=1S/C12H23NO5S2.C7H13NO3S.C5H10O2S/c1-3-19-6-9(15)11(17)12(18)10(16)7-20-5-4-13-8(2)14;1-6(10)8-2-3-12-5-7(11)4-9;1-2-8-4-5(7)3-6/h9,11-12,15,17-18H,3-7H2,1-2H3,(H,13,14);9H,2-5H2,1H3,(H,8,10);3,5,7H,2,4H2,1H3/t9-,11+,12+;;/m0../s1. The molecule has 4 atom stereocenters. The van der Waals surface area contributed by atoms with Crippen molar-refractivity contribution in [2.24, 2.45) is 0 Å². The number of carbonyl (C=O) groups excluding carboxylic acids is 5. The molecular weight excluding hydrogens is 605 g/mol. The van der Waals surface area contributed by atoms with E-state index in [9.17, 15) is 39.3 Å². The van der Waals surface area contributed by atoms with E-state index in [0.29, 0.717) is 42.4 Å². The maximum atomic E-state index is 11.6. The fraction of sp³-hybridized carbons (Fsp3) is 0.792. The highest BCUT2D eigenvalue weighted by Gasteiger charge is 2.29. The highest BCUT2D eigenvalue weighted by atomic mass is 32.2. The van der Waals surface area contributed by atoms with E-state index < -0.39 is 36.8 Å². The first kappa shape index (κ1) is 43.6. The first-order chi connectivity index (χ1) is 18.9. The highest BCUT2D eigenvalue weighted by molar-refractivity contribution is 8.00. The van der Waals surface area contributed by atoms with Crippen molar-refractivity contribution in [2.75, 3.05) is 65.7 Å². The molecule has 0 radical (unpaired) electrons. The molecule has 236 valence electrons. The smallest absolute Gasteiger partial charge is 0.216 e. The SMILES string of the molecule is CC(=O)NCCSCC(=O)CO.CCSCC(O)C=O.CCSC[C@H](O)[C@@H](O)[C@H](O)C(=O)CSCCNC(C)=O. The summed E-state index contributed by atoms with van der Waals surface area (Å²) in [6.07, 6.45) is -4.36. The lowest BCUT2D eigenvalue weighted by molar-refractivity contribution is -0.134. The van der Waals surface area contributed by atoms with Crippen LogP contribution >= 0.6 is 47.0 Å². The predicted octanol–water partition coefficient (Wildman–Crippen LogP) is -1.02. The van der Waals surface area contributed by atoms with Gasteiger partial charge in [0, 0.05) is 49.9 Å². The molecule has 0 fully saturated rings. The molecule has 0 saturated heterocycles. The molecule has 0 aliphatic rings. The molecule has 16 heteroatoms. The Kier molecular flexibility index (Phi) is 33.9. The van der Waals surface area contributed by atoms with Crippen molar-refractivity contribution in [3.8, 4) is 0 Å². The molecule has 0 rings (SSSR count). The van der Waals surface area contributed by atoms with E-state index in [2.05, 4.69) is 10.6 Å². The lowest BCUT2D eigenvalue weighted by atomic mass is 10.1. The van der Waals surface area contributed by atoms with Crippen LogP contribution in [0.25, 0.3) is 0 Å². The molecule has 0 heterocycles. The van der Waals surface area contributed by atoms with E-state index >= 15 is 0 Å². The number of nitrogens with one attached hydrogen (secondary N) is 2. The van der Waals surface area contributed by atoms with E-state index in [1.807, 2.05) is 13.8 Å². The molecule has 0 bridgehead atoms. The van der Waals surface area contributed by atoms with Crippen molar-refractivity contribution in [3.05, 3.63) is 0 Å². The second kappa shape index (κ2) is 31.1. The largest absolute Gasteiger partial charge is 0.389 e. The Hall–Kier alpha value is -0.850. The number of rotatable bonds is 21. The van der Waals surface area contributed by atoms with E-state index in [0.717, 1.165) is 11.5 Å². The summed E-state index contributed by atoms with van der Waals surface area (Å²) in [7, 11) is 0. The van der Waals surface area contributed by atoms with E-state index in [4.69, 9.17) is 10.2 Å². The van der Waals surface area contributed by atoms with Crippen LogP contribution in [0.15, 0.2) is 0 Å². The number of amides is 2. The third-order valence-electron chi connectivity index (χ3n) is 4.11. The molecule has 0 aliphatic heterocycles. The summed E-state index contributed by atoms with van der Waals surface area (Å²) in [6.45, 7) is 7.38. The average Bonchev–Trinajstić information content (AvgIpc) is 2.93. The van der Waals surface area contributed by atoms with Crippen molar-refractivity contribution in [2.45, 2.75) is 52.1 Å². The molecule has 0 aromatic rings. The van der Waals surface area contributed by atoms with Gasteiger partial charge in [0.25, 0.3) is 0 Å². The van der Waals surface area contributed by atoms with Crippen LogP contribution in [0.5, 0.6) is 0 Å². The van der Waals surface area contributed by atoms with Gasteiger partial charge in [0.2, 0.25) is 11.8 Å². The van der Waals surface area contributed by atoms with Crippen LogP contribution in [-0.4, -0.2) is 145 Å². The molecule has 0 spiro atoms. The van der Waals surface area contributed by atoms with Gasteiger partial charge in [0.1, 0.15) is 31.2 Å². The highest BCUT2D eigenvalue weighted by Crippen LogP contribution is 2.11. The molecule has 12 nitrogen and oxygen atoms in total. The molecular formula is C24H46N2O10S4. The Balaban J connectivity index is -0.000000578. The summed E-state index contributed by atoms with van der Waals surface area (Å²) in [4.78, 5) is 52.9. The monoisotopic (exact) mass is 650 g/mol. The Morgan fingerprint density at radius 2 is 1.25 bits per heavy atom. The predicted molar refractivity (Wildman–Crippen MR) is 165 cm³/mol. The summed E-state index contributed by atoms with van der Waals surface area (Å²) in [5, 5.41) is 51.0. The lowest BCUT2D eigenvalue weighted by Crippen LogP contribution is -2.44. The zero-order valence-corrected chi connectivity index (χ0v) is 26.8. The molecule has 0 aromatic carbocycles. The van der Waals surface area contributed by atoms with Crippen LogP contribution in [0.4, 0.5) is 0 Å². The number of Topliss-reactive ketones (excluding diaryl/α,β-unsaturated/α-hetero) is 2. The fourth-order valence-corrected chi connectivity index (χ4v) is 4.81. The summed E-state index contributed by atoms with van der Waals surface area (Å²) < 4.78 is 0. The fourth-order valence-electron chi connectivity index (χ4n) is 2.10. The van der Waals surface area contributed by atoms with Crippen molar-refractivity contribution in [1.29, 1.82) is 0 Å². The third kappa shape index (κ3) is 31.7. The molecule has 0 aliphatic carbocycles. The number of aldehydes is 1. The number of thioether (sulfide) groups is 4. The maximum absolute atomic E-state index is 11.6.